The number of likely N-dealkylation sites (tertiary alicyclic amines) is 2. The second-order valence-electron chi connectivity index (χ2n) is 7.79. The zero-order valence-electron chi connectivity index (χ0n) is 15.3. The fourth-order valence-electron chi connectivity index (χ4n) is 4.16. The van der Waals surface area contributed by atoms with Gasteiger partial charge in [0, 0.05) is 43.4 Å². The second kappa shape index (κ2) is 7.06. The summed E-state index contributed by atoms with van der Waals surface area (Å²) in [5, 5.41) is 5.29. The molecule has 0 bridgehead atoms. The molecular formula is C18H28N4O3. The molecule has 3 rings (SSSR count). The third kappa shape index (κ3) is 3.65. The van der Waals surface area contributed by atoms with Gasteiger partial charge in [0.15, 0.2) is 0 Å². The van der Waals surface area contributed by atoms with E-state index in [0.717, 1.165) is 25.1 Å². The van der Waals surface area contributed by atoms with Crippen LogP contribution >= 0.6 is 0 Å². The average molecular weight is 348 g/mol. The lowest BCUT2D eigenvalue weighted by Gasteiger charge is -2.47. The Balaban J connectivity index is 1.66. The van der Waals surface area contributed by atoms with E-state index in [0.29, 0.717) is 36.9 Å². The minimum Gasteiger partial charge on any atom is -0.342 e. The number of amides is 2. The van der Waals surface area contributed by atoms with E-state index in [1.165, 1.54) is 0 Å². The number of carbonyl (C=O) groups is 2. The molecule has 2 fully saturated rings. The van der Waals surface area contributed by atoms with Gasteiger partial charge in [-0.2, -0.15) is 0 Å². The molecule has 2 saturated heterocycles. The summed E-state index contributed by atoms with van der Waals surface area (Å²) in [6, 6.07) is 0.255. The predicted octanol–water partition coefficient (Wildman–Crippen LogP) is 1.05. The van der Waals surface area contributed by atoms with Crippen molar-refractivity contribution in [3.63, 3.8) is 0 Å². The van der Waals surface area contributed by atoms with Crippen molar-refractivity contribution >= 4 is 11.8 Å². The van der Waals surface area contributed by atoms with Crippen LogP contribution in [0.15, 0.2) is 4.79 Å². The van der Waals surface area contributed by atoms with Gasteiger partial charge in [0.05, 0.1) is 6.42 Å². The first kappa shape index (κ1) is 17.8. The van der Waals surface area contributed by atoms with Crippen molar-refractivity contribution in [2.24, 2.45) is 11.8 Å². The lowest BCUT2D eigenvalue weighted by atomic mass is 9.83. The number of aromatic amines is 2. The maximum atomic E-state index is 12.6. The molecule has 7 nitrogen and oxygen atoms in total. The van der Waals surface area contributed by atoms with Gasteiger partial charge in [0.25, 0.3) is 5.56 Å². The van der Waals surface area contributed by atoms with Crippen molar-refractivity contribution in [1.82, 2.24) is 20.0 Å². The number of aryl methyl sites for hydroxylation is 1. The highest BCUT2D eigenvalue weighted by molar-refractivity contribution is 5.80. The fraction of sp³-hybridized carbons (Fsp3) is 0.722. The van der Waals surface area contributed by atoms with Crippen LogP contribution in [-0.2, 0) is 16.0 Å². The number of hydrogen-bond acceptors (Lipinski definition) is 3. The van der Waals surface area contributed by atoms with Gasteiger partial charge in [0.1, 0.15) is 0 Å². The topological polar surface area (TPSA) is 89.3 Å². The van der Waals surface area contributed by atoms with Crippen molar-refractivity contribution in [3.05, 3.63) is 21.6 Å². The smallest absolute Gasteiger partial charge is 0.267 e. The third-order valence-corrected chi connectivity index (χ3v) is 5.48. The Labute approximate surface area is 147 Å². The molecule has 1 aromatic rings. The largest absolute Gasteiger partial charge is 0.342 e. The second-order valence-corrected chi connectivity index (χ2v) is 7.79. The maximum Gasteiger partial charge on any atom is 0.267 e. The highest BCUT2D eigenvalue weighted by Crippen LogP contribution is 2.32. The third-order valence-electron chi connectivity index (χ3n) is 5.48. The van der Waals surface area contributed by atoms with Gasteiger partial charge in [-0.05, 0) is 31.6 Å². The normalized spacial score (nSPS) is 23.9. The van der Waals surface area contributed by atoms with Gasteiger partial charge in [-0.15, -0.1) is 0 Å². The van der Waals surface area contributed by atoms with Crippen LogP contribution < -0.4 is 5.56 Å². The van der Waals surface area contributed by atoms with Crippen molar-refractivity contribution in [2.75, 3.05) is 19.6 Å². The number of H-pyrrole nitrogens is 2. The number of nitrogens with one attached hydrogen (secondary N) is 2. The molecule has 2 aliphatic heterocycles. The van der Waals surface area contributed by atoms with E-state index in [-0.39, 0.29) is 29.8 Å². The van der Waals surface area contributed by atoms with Gasteiger partial charge >= 0.3 is 0 Å². The van der Waals surface area contributed by atoms with E-state index in [1.807, 2.05) is 9.80 Å². The molecule has 2 N–H and O–H groups in total. The van der Waals surface area contributed by atoms with Crippen molar-refractivity contribution in [1.29, 1.82) is 0 Å². The van der Waals surface area contributed by atoms with E-state index in [9.17, 15) is 14.4 Å². The van der Waals surface area contributed by atoms with Gasteiger partial charge in [-0.1, -0.05) is 13.8 Å². The Morgan fingerprint density at radius 3 is 2.64 bits per heavy atom. The zero-order valence-corrected chi connectivity index (χ0v) is 15.3. The minimum atomic E-state index is -0.216. The highest BCUT2D eigenvalue weighted by atomic mass is 16.2. The first-order valence-electron chi connectivity index (χ1n) is 9.20. The molecule has 138 valence electrons. The molecule has 3 heterocycles. The summed E-state index contributed by atoms with van der Waals surface area (Å²) in [4.78, 5) is 40.6. The molecular weight excluding hydrogens is 320 g/mol. The quantitative estimate of drug-likeness (QED) is 0.852. The summed E-state index contributed by atoms with van der Waals surface area (Å²) in [7, 11) is 0. The van der Waals surface area contributed by atoms with E-state index in [4.69, 9.17) is 0 Å². The lowest BCUT2D eigenvalue weighted by Crippen LogP contribution is -2.57. The molecule has 0 saturated carbocycles. The SMILES string of the molecule is Cc1[nH][nH]c(=O)c1CC(=O)N1CC[C@@H]2[C@@H](CCC(=O)N2CC(C)C)C1. The van der Waals surface area contributed by atoms with Gasteiger partial charge < -0.3 is 14.9 Å². The minimum absolute atomic E-state index is 0.000963. The summed E-state index contributed by atoms with van der Waals surface area (Å²) in [6.45, 7) is 8.20. The Hall–Kier alpha value is -2.05. The zero-order chi connectivity index (χ0) is 18.1. The maximum absolute atomic E-state index is 12.6. The number of aromatic nitrogens is 2. The number of nitrogens with zero attached hydrogens (tertiary/aromatic N) is 2. The Kier molecular flexibility index (Phi) is 5.01. The summed E-state index contributed by atoms with van der Waals surface area (Å²) < 4.78 is 0. The van der Waals surface area contributed by atoms with Crippen molar-refractivity contribution < 1.29 is 9.59 Å². The molecule has 2 atom stereocenters. The lowest BCUT2D eigenvalue weighted by molar-refractivity contribution is -0.144. The van der Waals surface area contributed by atoms with E-state index in [2.05, 4.69) is 24.0 Å². The first-order chi connectivity index (χ1) is 11.9. The molecule has 25 heavy (non-hydrogen) atoms. The molecule has 7 heteroatoms. The first-order valence-corrected chi connectivity index (χ1v) is 9.20. The fourth-order valence-corrected chi connectivity index (χ4v) is 4.16. The average Bonchev–Trinajstić information content (AvgIpc) is 2.88. The van der Waals surface area contributed by atoms with Crippen LogP contribution in [0.5, 0.6) is 0 Å². The molecule has 0 unspecified atom stereocenters. The number of rotatable bonds is 4. The summed E-state index contributed by atoms with van der Waals surface area (Å²) in [5.41, 5.74) is 1.03. The molecule has 1 aromatic heterocycles. The van der Waals surface area contributed by atoms with Crippen LogP contribution in [0.2, 0.25) is 0 Å². The number of carbonyl (C=O) groups excluding carboxylic acids is 2. The van der Waals surface area contributed by atoms with Crippen molar-refractivity contribution in [2.45, 2.75) is 52.5 Å². The summed E-state index contributed by atoms with van der Waals surface area (Å²) >= 11 is 0. The van der Waals surface area contributed by atoms with Gasteiger partial charge in [-0.25, -0.2) is 0 Å². The van der Waals surface area contributed by atoms with Gasteiger partial charge in [0.2, 0.25) is 11.8 Å². The number of hydrogen-bond donors (Lipinski definition) is 2. The van der Waals surface area contributed by atoms with E-state index < -0.39 is 0 Å². The molecule has 0 aliphatic carbocycles. The van der Waals surface area contributed by atoms with Crippen molar-refractivity contribution in [3.8, 4) is 0 Å². The molecule has 0 aromatic carbocycles. The molecule has 0 radical (unpaired) electrons. The highest BCUT2D eigenvalue weighted by Gasteiger charge is 2.40. The van der Waals surface area contributed by atoms with E-state index in [1.54, 1.807) is 6.92 Å². The number of fused-ring (bicyclic) bond motifs is 1. The molecule has 2 amide bonds. The van der Waals surface area contributed by atoms with Gasteiger partial charge in [-0.3, -0.25) is 19.5 Å². The summed E-state index contributed by atoms with van der Waals surface area (Å²) in [6.07, 6.45) is 2.40. The Bertz CT molecular complexity index is 705. The standard InChI is InChI=1S/C18H28N4O3/c1-11(2)9-22-15-6-7-21(10-13(15)4-5-16(22)23)17(24)8-14-12(3)19-20-18(14)25/h11,13,15H,4-10H2,1-3H3,(H2,19,20,25)/t13-,15+/m0/s1. The Morgan fingerprint density at radius 1 is 1.24 bits per heavy atom. The van der Waals surface area contributed by atoms with Crippen LogP contribution in [-0.4, -0.2) is 57.5 Å². The molecule has 0 spiro atoms. The van der Waals surface area contributed by atoms with Crippen LogP contribution in [0.3, 0.4) is 0 Å². The van der Waals surface area contributed by atoms with Crippen LogP contribution in [0.4, 0.5) is 0 Å². The van der Waals surface area contributed by atoms with E-state index >= 15 is 0 Å². The predicted molar refractivity (Wildman–Crippen MR) is 94.1 cm³/mol. The Morgan fingerprint density at radius 2 is 2.00 bits per heavy atom. The van der Waals surface area contributed by atoms with Crippen LogP contribution in [0, 0.1) is 18.8 Å². The number of piperidine rings is 2. The van der Waals surface area contributed by atoms with Crippen LogP contribution in [0.25, 0.3) is 0 Å². The van der Waals surface area contributed by atoms with Crippen LogP contribution in [0.1, 0.15) is 44.4 Å². The molecule has 2 aliphatic rings. The monoisotopic (exact) mass is 348 g/mol. The summed E-state index contributed by atoms with van der Waals surface area (Å²) in [5.74, 6) is 1.05.